The van der Waals surface area contributed by atoms with Gasteiger partial charge in [-0.2, -0.15) is 22.2 Å². The van der Waals surface area contributed by atoms with Crippen LogP contribution in [0.1, 0.15) is 71.1 Å². The van der Waals surface area contributed by atoms with Gasteiger partial charge in [0, 0.05) is 0 Å². The van der Waals surface area contributed by atoms with E-state index in [1.807, 2.05) is 6.08 Å². The van der Waals surface area contributed by atoms with E-state index in [0.29, 0.717) is 5.54 Å². The van der Waals surface area contributed by atoms with Crippen molar-refractivity contribution in [1.82, 2.24) is 0 Å². The summed E-state index contributed by atoms with van der Waals surface area (Å²) in [5.41, 5.74) is 0.643. The largest absolute Gasteiger partial charge is 0.240 e. The van der Waals surface area contributed by atoms with E-state index < -0.39 is 7.42 Å². The second-order valence-corrected chi connectivity index (χ2v) is 9.97. The molecule has 3 heteroatoms. The second kappa shape index (κ2) is 13.0. The van der Waals surface area contributed by atoms with Crippen LogP contribution in [0.3, 0.4) is 0 Å². The summed E-state index contributed by atoms with van der Waals surface area (Å²) in [6.07, 6.45) is 14.9. The summed E-state index contributed by atoms with van der Waals surface area (Å²) < 4.78 is 0. The maximum Gasteiger partial charge on any atom is 0.240 e. The molecule has 17 heavy (non-hydrogen) atoms. The van der Waals surface area contributed by atoms with E-state index in [4.69, 9.17) is 22.2 Å². The zero-order valence-corrected chi connectivity index (χ0v) is 13.9. The Bertz CT molecular complexity index is 172. The van der Waals surface area contributed by atoms with E-state index in [1.54, 1.807) is 0 Å². The quantitative estimate of drug-likeness (QED) is 0.175. The van der Waals surface area contributed by atoms with Crippen LogP contribution in [0.5, 0.6) is 0 Å². The Labute approximate surface area is 119 Å². The Kier molecular flexibility index (Phi) is 13.4. The van der Waals surface area contributed by atoms with Gasteiger partial charge in [-0.25, -0.2) is 0 Å². The van der Waals surface area contributed by atoms with Crippen LogP contribution in [-0.4, -0.2) is 7.42 Å². The molecule has 0 bridgehead atoms. The lowest BCUT2D eigenvalue weighted by Crippen LogP contribution is -2.07. The summed E-state index contributed by atoms with van der Waals surface area (Å²) in [5.74, 6) is 0. The number of unbranched alkanes of at least 4 members (excludes halogenated alkanes) is 6. The van der Waals surface area contributed by atoms with Gasteiger partial charge in [-0.05, 0) is 18.4 Å². The van der Waals surface area contributed by atoms with Crippen LogP contribution in [0.25, 0.3) is 0 Å². The molecule has 0 nitrogen and oxygen atoms in total. The molecule has 0 saturated carbocycles. The van der Waals surface area contributed by atoms with Crippen LogP contribution in [0, 0.1) is 0 Å². The van der Waals surface area contributed by atoms with Gasteiger partial charge in [0.25, 0.3) is 0 Å². The first-order valence-electron chi connectivity index (χ1n) is 7.11. The fourth-order valence-electron chi connectivity index (χ4n) is 2.17. The number of rotatable bonds is 12. The molecule has 0 aromatic rings. The Morgan fingerprint density at radius 3 is 2.12 bits per heavy atom. The Balaban J connectivity index is 3.33. The molecule has 1 unspecified atom stereocenters. The fraction of sp³-hybridized carbons (Fsp3) is 0.857. The van der Waals surface area contributed by atoms with Crippen LogP contribution in [0.15, 0.2) is 12.7 Å². The maximum atomic E-state index is 6.11. The summed E-state index contributed by atoms with van der Waals surface area (Å²) in [7, 11) is -1.44. The van der Waals surface area contributed by atoms with E-state index in [1.165, 1.54) is 64.2 Å². The molecule has 0 aliphatic carbocycles. The van der Waals surface area contributed by atoms with Crippen molar-refractivity contribution < 1.29 is 0 Å². The molecule has 0 aliphatic rings. The molecule has 0 fully saturated rings. The predicted molar refractivity (Wildman–Crippen MR) is 84.6 cm³/mol. The lowest BCUT2D eigenvalue weighted by Gasteiger charge is -2.15. The van der Waals surface area contributed by atoms with Crippen LogP contribution >= 0.6 is 22.2 Å². The zero-order valence-electron chi connectivity index (χ0n) is 11.3. The summed E-state index contributed by atoms with van der Waals surface area (Å²) in [6.45, 7) is 5.96. The van der Waals surface area contributed by atoms with E-state index >= 15 is 0 Å². The second-order valence-electron chi connectivity index (χ2n) is 4.87. The van der Waals surface area contributed by atoms with Crippen LogP contribution in [0.4, 0.5) is 0 Å². The smallest absolute Gasteiger partial charge is 0.150 e. The van der Waals surface area contributed by atoms with E-state index in [2.05, 4.69) is 13.5 Å². The van der Waals surface area contributed by atoms with E-state index in [-0.39, 0.29) is 0 Å². The predicted octanol–water partition coefficient (Wildman–Crippen LogP) is 6.16. The third-order valence-corrected chi connectivity index (χ3v) is 6.77. The van der Waals surface area contributed by atoms with E-state index in [9.17, 15) is 0 Å². The molecule has 0 aliphatic heterocycles. The Morgan fingerprint density at radius 1 is 1.00 bits per heavy atom. The fourth-order valence-corrected chi connectivity index (χ4v) is 4.75. The molecule has 102 valence electrons. The zero-order chi connectivity index (χ0) is 12.9. The van der Waals surface area contributed by atoms with Gasteiger partial charge < -0.3 is 0 Å². The van der Waals surface area contributed by atoms with Crippen molar-refractivity contribution in [3.05, 3.63) is 12.7 Å². The average Bonchev–Trinajstić information content (AvgIpc) is 2.31. The molecule has 0 heterocycles. The topological polar surface area (TPSA) is 0 Å². The van der Waals surface area contributed by atoms with Crippen molar-refractivity contribution in [2.24, 2.45) is 0 Å². The highest BCUT2D eigenvalue weighted by Gasteiger charge is 2.17. The molecule has 0 saturated heterocycles. The molecule has 0 aromatic carbocycles. The highest BCUT2D eigenvalue weighted by Crippen LogP contribution is 2.28. The lowest BCUT2D eigenvalue weighted by molar-refractivity contribution is 0.556. The normalized spacial score (nSPS) is 12.9. The Hall–Kier alpha value is 0.537. The summed E-state index contributed by atoms with van der Waals surface area (Å²) in [5, 5.41) is 0. The first-order chi connectivity index (χ1) is 8.22. The number of hydrogen-bond donors (Lipinski definition) is 0. The average molecular weight is 295 g/mol. The third-order valence-electron chi connectivity index (χ3n) is 3.25. The minimum atomic E-state index is -1.44. The van der Waals surface area contributed by atoms with Gasteiger partial charge in [-0.1, -0.05) is 64.4 Å². The van der Waals surface area contributed by atoms with Crippen LogP contribution < -0.4 is 0 Å². The summed E-state index contributed by atoms with van der Waals surface area (Å²) in [4.78, 5) is 0. The van der Waals surface area contributed by atoms with Gasteiger partial charge in [0.05, 0.1) is 0 Å². The van der Waals surface area contributed by atoms with E-state index in [0.717, 1.165) is 0 Å². The third kappa shape index (κ3) is 11.4. The molecular formula is C14H28Cl2Si. The van der Waals surface area contributed by atoms with Gasteiger partial charge >= 0.3 is 0 Å². The molecule has 0 rings (SSSR count). The standard InChI is InChI=1S/C14H28Cl2Si/c1-3-5-6-7-8-9-10-11-13-14(12-4-2)17(15)16/h3,14,17H,1,4-13H2,2H3. The van der Waals surface area contributed by atoms with Crippen molar-refractivity contribution in [3.8, 4) is 0 Å². The summed E-state index contributed by atoms with van der Waals surface area (Å²) >= 11 is 12.2. The van der Waals surface area contributed by atoms with Gasteiger partial charge in [-0.3, -0.25) is 0 Å². The first kappa shape index (κ1) is 17.5. The van der Waals surface area contributed by atoms with Crippen LogP contribution in [0.2, 0.25) is 5.54 Å². The molecule has 0 spiro atoms. The highest BCUT2D eigenvalue weighted by molar-refractivity contribution is 7.34. The van der Waals surface area contributed by atoms with Gasteiger partial charge in [0.15, 0.2) is 0 Å². The molecular weight excluding hydrogens is 267 g/mol. The molecule has 0 N–H and O–H groups in total. The minimum Gasteiger partial charge on any atom is -0.150 e. The SMILES string of the molecule is C=CCCCCCCCCC(CCC)[SiH](Cl)Cl. The van der Waals surface area contributed by atoms with Gasteiger partial charge in [-0.15, -0.1) is 6.58 Å². The van der Waals surface area contributed by atoms with Crippen molar-refractivity contribution in [2.45, 2.75) is 76.7 Å². The molecule has 0 aromatic heterocycles. The van der Waals surface area contributed by atoms with Crippen molar-refractivity contribution in [2.75, 3.05) is 0 Å². The van der Waals surface area contributed by atoms with Crippen molar-refractivity contribution in [1.29, 1.82) is 0 Å². The monoisotopic (exact) mass is 294 g/mol. The maximum absolute atomic E-state index is 6.11. The number of hydrogen-bond acceptors (Lipinski definition) is 0. The van der Waals surface area contributed by atoms with Gasteiger partial charge in [0.1, 0.15) is 0 Å². The minimum absolute atomic E-state index is 0.643. The lowest BCUT2D eigenvalue weighted by atomic mass is 10.1. The van der Waals surface area contributed by atoms with Gasteiger partial charge in [0.2, 0.25) is 7.42 Å². The number of halogens is 2. The number of allylic oxidation sites excluding steroid dienone is 1. The van der Waals surface area contributed by atoms with Crippen molar-refractivity contribution in [3.63, 3.8) is 0 Å². The van der Waals surface area contributed by atoms with Crippen LogP contribution in [-0.2, 0) is 0 Å². The molecule has 0 amide bonds. The molecule has 0 radical (unpaired) electrons. The Morgan fingerprint density at radius 2 is 1.59 bits per heavy atom. The summed E-state index contributed by atoms with van der Waals surface area (Å²) in [6, 6.07) is 0. The molecule has 1 atom stereocenters. The van der Waals surface area contributed by atoms with Crippen molar-refractivity contribution >= 4 is 29.6 Å². The highest BCUT2D eigenvalue weighted by atomic mass is 35.7. The first-order valence-corrected chi connectivity index (χ1v) is 11.3.